The summed E-state index contributed by atoms with van der Waals surface area (Å²) in [7, 11) is -4.03. The molecule has 8 nitrogen and oxygen atoms in total. The monoisotopic (exact) mass is 413 g/mol. The molecule has 9 heteroatoms. The van der Waals surface area contributed by atoms with E-state index in [1.165, 1.54) is 18.2 Å². The second kappa shape index (κ2) is 7.88. The zero-order valence-electron chi connectivity index (χ0n) is 15.8. The van der Waals surface area contributed by atoms with E-state index >= 15 is 0 Å². The maximum atomic E-state index is 12.8. The van der Waals surface area contributed by atoms with Gasteiger partial charge in [0, 0.05) is 23.0 Å². The lowest BCUT2D eigenvalue weighted by Gasteiger charge is -2.12. The van der Waals surface area contributed by atoms with Gasteiger partial charge in [-0.25, -0.2) is 18.2 Å². The number of aromatic amines is 1. The van der Waals surface area contributed by atoms with Gasteiger partial charge in [0.1, 0.15) is 5.82 Å². The Morgan fingerprint density at radius 3 is 2.62 bits per heavy atom. The van der Waals surface area contributed by atoms with Gasteiger partial charge < -0.3 is 10.1 Å². The van der Waals surface area contributed by atoms with Crippen LogP contribution in [0.1, 0.15) is 28.5 Å². The number of aromatic carboxylic acids is 1. The molecular formula is C20H19N3O5S. The molecule has 0 atom stereocenters. The first-order valence-electron chi connectivity index (χ1n) is 8.77. The van der Waals surface area contributed by atoms with Crippen LogP contribution in [-0.4, -0.2) is 29.5 Å². The predicted octanol–water partition coefficient (Wildman–Crippen LogP) is 2.81. The van der Waals surface area contributed by atoms with Gasteiger partial charge in [-0.1, -0.05) is 25.1 Å². The molecule has 0 radical (unpaired) electrons. The quantitative estimate of drug-likeness (QED) is 0.570. The summed E-state index contributed by atoms with van der Waals surface area (Å²) in [4.78, 5) is 29.9. The Hall–Kier alpha value is -3.46. The number of nitrogens with one attached hydrogen (secondary N) is 2. The number of aromatic nitrogens is 2. The molecule has 0 aliphatic carbocycles. The Balaban J connectivity index is 1.98. The Morgan fingerprint density at radius 2 is 1.93 bits per heavy atom. The van der Waals surface area contributed by atoms with Crippen LogP contribution in [0.5, 0.6) is 0 Å². The summed E-state index contributed by atoms with van der Waals surface area (Å²) < 4.78 is 28.1. The van der Waals surface area contributed by atoms with E-state index in [0.717, 1.165) is 6.07 Å². The van der Waals surface area contributed by atoms with Crippen LogP contribution >= 0.6 is 0 Å². The third-order valence-corrected chi connectivity index (χ3v) is 5.79. The van der Waals surface area contributed by atoms with Gasteiger partial charge in [-0.2, -0.15) is 0 Å². The van der Waals surface area contributed by atoms with E-state index in [4.69, 9.17) is 5.11 Å². The van der Waals surface area contributed by atoms with Crippen molar-refractivity contribution in [2.45, 2.75) is 25.2 Å². The van der Waals surface area contributed by atoms with Crippen LogP contribution in [0.25, 0.3) is 11.4 Å². The third kappa shape index (κ3) is 4.52. The van der Waals surface area contributed by atoms with Gasteiger partial charge in [-0.05, 0) is 43.2 Å². The van der Waals surface area contributed by atoms with Crippen molar-refractivity contribution in [3.63, 3.8) is 0 Å². The van der Waals surface area contributed by atoms with E-state index in [0.29, 0.717) is 29.1 Å². The first kappa shape index (κ1) is 20.3. The van der Waals surface area contributed by atoms with Crippen molar-refractivity contribution in [1.82, 2.24) is 9.97 Å². The molecule has 150 valence electrons. The molecule has 2 aromatic carbocycles. The third-order valence-electron chi connectivity index (χ3n) is 4.27. The standard InChI is InChI=1S/C20H19N3O5S/c1-3-15-11-18(24)22-19(21-15)13-5-4-6-16(9-13)23-29(27,28)17-10-14(20(25)26)8-7-12(17)2/h4-11,23H,3H2,1-2H3,(H,25,26)(H,21,22,24). The van der Waals surface area contributed by atoms with E-state index in [-0.39, 0.29) is 21.7 Å². The molecule has 3 N–H and O–H groups in total. The summed E-state index contributed by atoms with van der Waals surface area (Å²) in [5.74, 6) is -0.881. The number of aryl methyl sites for hydroxylation is 2. The second-order valence-corrected chi connectivity index (χ2v) is 8.06. The van der Waals surface area contributed by atoms with Crippen molar-refractivity contribution >= 4 is 21.7 Å². The lowest BCUT2D eigenvalue weighted by atomic mass is 10.1. The molecule has 0 aliphatic rings. The van der Waals surface area contributed by atoms with Crippen LogP contribution in [0.2, 0.25) is 0 Å². The lowest BCUT2D eigenvalue weighted by Crippen LogP contribution is -2.15. The molecule has 0 aliphatic heterocycles. The average Bonchev–Trinajstić information content (AvgIpc) is 2.67. The van der Waals surface area contributed by atoms with E-state index in [9.17, 15) is 18.0 Å². The minimum Gasteiger partial charge on any atom is -0.478 e. The fraction of sp³-hybridized carbons (Fsp3) is 0.150. The Morgan fingerprint density at radius 1 is 1.17 bits per heavy atom. The van der Waals surface area contributed by atoms with Gasteiger partial charge >= 0.3 is 5.97 Å². The van der Waals surface area contributed by atoms with E-state index in [1.54, 1.807) is 31.2 Å². The van der Waals surface area contributed by atoms with Gasteiger partial charge in [0.05, 0.1) is 10.5 Å². The Bertz CT molecular complexity index is 1250. The number of rotatable bonds is 6. The number of H-pyrrole nitrogens is 1. The fourth-order valence-electron chi connectivity index (χ4n) is 2.79. The van der Waals surface area contributed by atoms with Gasteiger partial charge in [-0.3, -0.25) is 9.52 Å². The molecule has 0 unspecified atom stereocenters. The molecule has 3 rings (SSSR count). The number of sulfonamides is 1. The number of carboxylic acids is 1. The number of carbonyl (C=O) groups is 1. The molecule has 0 fully saturated rings. The predicted molar refractivity (Wildman–Crippen MR) is 109 cm³/mol. The molecular weight excluding hydrogens is 394 g/mol. The topological polar surface area (TPSA) is 129 Å². The van der Waals surface area contributed by atoms with Crippen molar-refractivity contribution in [2.75, 3.05) is 4.72 Å². The summed E-state index contributed by atoms with van der Waals surface area (Å²) in [6.07, 6.45) is 0.586. The summed E-state index contributed by atoms with van der Waals surface area (Å²) in [5, 5.41) is 9.13. The number of hydrogen-bond donors (Lipinski definition) is 3. The smallest absolute Gasteiger partial charge is 0.335 e. The van der Waals surface area contributed by atoms with Crippen molar-refractivity contribution in [1.29, 1.82) is 0 Å². The number of hydrogen-bond acceptors (Lipinski definition) is 5. The van der Waals surface area contributed by atoms with E-state index in [2.05, 4.69) is 14.7 Å². The summed E-state index contributed by atoms with van der Waals surface area (Å²) in [6, 6.07) is 11.8. The molecule has 0 bridgehead atoms. The zero-order chi connectivity index (χ0) is 21.2. The van der Waals surface area contributed by atoms with E-state index < -0.39 is 16.0 Å². The Labute approximate surface area is 167 Å². The largest absolute Gasteiger partial charge is 0.478 e. The maximum Gasteiger partial charge on any atom is 0.335 e. The highest BCUT2D eigenvalue weighted by Gasteiger charge is 2.19. The van der Waals surface area contributed by atoms with Crippen LogP contribution in [0, 0.1) is 6.92 Å². The molecule has 1 heterocycles. The second-order valence-electron chi connectivity index (χ2n) is 6.41. The normalized spacial score (nSPS) is 11.2. The highest BCUT2D eigenvalue weighted by molar-refractivity contribution is 7.92. The Kier molecular flexibility index (Phi) is 5.51. The van der Waals surface area contributed by atoms with Crippen LogP contribution < -0.4 is 10.3 Å². The van der Waals surface area contributed by atoms with Crippen LogP contribution in [0.4, 0.5) is 5.69 Å². The summed E-state index contributed by atoms with van der Waals surface area (Å²) in [5.41, 5.74) is 1.42. The number of benzene rings is 2. The summed E-state index contributed by atoms with van der Waals surface area (Å²) in [6.45, 7) is 3.46. The zero-order valence-corrected chi connectivity index (χ0v) is 16.6. The van der Waals surface area contributed by atoms with Crippen molar-refractivity contribution in [2.24, 2.45) is 0 Å². The SMILES string of the molecule is CCc1cc(=O)[nH]c(-c2cccc(NS(=O)(=O)c3cc(C(=O)O)ccc3C)c2)n1. The van der Waals surface area contributed by atoms with Crippen LogP contribution in [0.15, 0.2) is 58.2 Å². The number of anilines is 1. The van der Waals surface area contributed by atoms with Crippen molar-refractivity contribution < 1.29 is 18.3 Å². The highest BCUT2D eigenvalue weighted by Crippen LogP contribution is 2.24. The molecule has 0 saturated heterocycles. The first-order chi connectivity index (χ1) is 13.7. The van der Waals surface area contributed by atoms with Gasteiger partial charge in [0.2, 0.25) is 0 Å². The molecule has 0 spiro atoms. The minimum atomic E-state index is -4.03. The van der Waals surface area contributed by atoms with E-state index in [1.807, 2.05) is 6.92 Å². The van der Waals surface area contributed by atoms with Crippen LogP contribution in [0.3, 0.4) is 0 Å². The maximum absolute atomic E-state index is 12.8. The molecule has 1 aromatic heterocycles. The number of carboxylic acid groups (broad SMARTS) is 1. The fourth-order valence-corrected chi connectivity index (χ4v) is 4.11. The molecule has 0 amide bonds. The molecule has 3 aromatic rings. The highest BCUT2D eigenvalue weighted by atomic mass is 32.2. The average molecular weight is 413 g/mol. The summed E-state index contributed by atoms with van der Waals surface area (Å²) >= 11 is 0. The van der Waals surface area contributed by atoms with Gasteiger partial charge in [0.25, 0.3) is 15.6 Å². The van der Waals surface area contributed by atoms with Gasteiger partial charge in [0.15, 0.2) is 0 Å². The lowest BCUT2D eigenvalue weighted by molar-refractivity contribution is 0.0696. The van der Waals surface area contributed by atoms with Crippen molar-refractivity contribution in [3.05, 3.63) is 75.7 Å². The molecule has 29 heavy (non-hydrogen) atoms. The minimum absolute atomic E-state index is 0.122. The molecule has 0 saturated carbocycles. The van der Waals surface area contributed by atoms with Crippen molar-refractivity contribution in [3.8, 4) is 11.4 Å². The number of nitrogens with zero attached hydrogens (tertiary/aromatic N) is 1. The first-order valence-corrected chi connectivity index (χ1v) is 10.3. The van der Waals surface area contributed by atoms with Crippen LogP contribution in [-0.2, 0) is 16.4 Å². The van der Waals surface area contributed by atoms with Gasteiger partial charge in [-0.15, -0.1) is 0 Å².